The number of fused-ring (bicyclic) bond motifs is 1. The fourth-order valence-corrected chi connectivity index (χ4v) is 3.82. The number of carbonyl (C=O) groups excluding carboxylic acids is 1. The molecule has 2 aromatic carbocycles. The van der Waals surface area contributed by atoms with E-state index in [1.165, 1.54) is 16.9 Å². The summed E-state index contributed by atoms with van der Waals surface area (Å²) in [6.45, 7) is 8.12. The number of benzene rings is 2. The summed E-state index contributed by atoms with van der Waals surface area (Å²) in [7, 11) is 0. The molecule has 0 radical (unpaired) electrons. The molecule has 2 heterocycles. The molecule has 4 aromatic rings. The van der Waals surface area contributed by atoms with Crippen LogP contribution in [0.2, 0.25) is 0 Å². The van der Waals surface area contributed by atoms with Gasteiger partial charge in [0.15, 0.2) is 5.82 Å². The van der Waals surface area contributed by atoms with E-state index in [9.17, 15) is 4.79 Å². The molecule has 7 heteroatoms. The zero-order valence-electron chi connectivity index (χ0n) is 16.2. The molecule has 0 saturated carbocycles. The number of nitrogens with zero attached hydrogens (tertiary/aromatic N) is 4. The van der Waals surface area contributed by atoms with Crippen molar-refractivity contribution in [2.75, 3.05) is 5.32 Å². The molecule has 0 spiro atoms. The standard InChI is InChI=1S/C21H21N5OS/c1-12(2)15-7-9-16(10-8-15)19(27)22-18-11-17(6-5-13(18)3)20-25-26-14(4)23-24-21(26)28-20/h5-12H,1-4H3,(H,22,27). The molecule has 0 aliphatic carbocycles. The third-order valence-corrected chi connectivity index (χ3v) is 5.67. The maximum Gasteiger partial charge on any atom is 0.255 e. The third-order valence-electron chi connectivity index (χ3n) is 4.72. The van der Waals surface area contributed by atoms with E-state index >= 15 is 0 Å². The lowest BCUT2D eigenvalue weighted by molar-refractivity contribution is 0.102. The molecule has 4 rings (SSSR count). The second-order valence-electron chi connectivity index (χ2n) is 7.11. The number of carbonyl (C=O) groups is 1. The predicted molar refractivity (Wildman–Crippen MR) is 112 cm³/mol. The van der Waals surface area contributed by atoms with Gasteiger partial charge in [-0.3, -0.25) is 4.79 Å². The molecule has 6 nitrogen and oxygen atoms in total. The molecule has 28 heavy (non-hydrogen) atoms. The predicted octanol–water partition coefficient (Wildman–Crippen LogP) is 4.85. The maximum atomic E-state index is 12.7. The molecule has 0 fully saturated rings. The Morgan fingerprint density at radius 1 is 1.07 bits per heavy atom. The van der Waals surface area contributed by atoms with Gasteiger partial charge in [-0.1, -0.05) is 49.4 Å². The Morgan fingerprint density at radius 3 is 2.50 bits per heavy atom. The summed E-state index contributed by atoms with van der Waals surface area (Å²) in [5.41, 5.74) is 4.57. The summed E-state index contributed by atoms with van der Waals surface area (Å²) in [5.74, 6) is 1.07. The zero-order chi connectivity index (χ0) is 19.8. The highest BCUT2D eigenvalue weighted by atomic mass is 32.1. The van der Waals surface area contributed by atoms with Crippen molar-refractivity contribution < 1.29 is 4.79 Å². The first-order valence-corrected chi connectivity index (χ1v) is 9.95. The van der Waals surface area contributed by atoms with Crippen LogP contribution in [0.4, 0.5) is 5.69 Å². The number of hydrogen-bond acceptors (Lipinski definition) is 5. The van der Waals surface area contributed by atoms with Gasteiger partial charge in [-0.15, -0.1) is 10.2 Å². The van der Waals surface area contributed by atoms with Crippen molar-refractivity contribution in [1.82, 2.24) is 19.8 Å². The number of nitrogens with one attached hydrogen (secondary N) is 1. The molecular weight excluding hydrogens is 370 g/mol. The van der Waals surface area contributed by atoms with E-state index in [-0.39, 0.29) is 5.91 Å². The minimum absolute atomic E-state index is 0.121. The minimum Gasteiger partial charge on any atom is -0.322 e. The van der Waals surface area contributed by atoms with Crippen molar-refractivity contribution in [2.45, 2.75) is 33.6 Å². The summed E-state index contributed by atoms with van der Waals surface area (Å²) in [5, 5.41) is 16.6. The van der Waals surface area contributed by atoms with Crippen molar-refractivity contribution in [2.24, 2.45) is 0 Å². The maximum absolute atomic E-state index is 12.7. The van der Waals surface area contributed by atoms with Crippen LogP contribution in [-0.4, -0.2) is 25.7 Å². The van der Waals surface area contributed by atoms with Gasteiger partial charge in [0.05, 0.1) is 0 Å². The fourth-order valence-electron chi connectivity index (χ4n) is 2.93. The Labute approximate surface area is 167 Å². The Hall–Kier alpha value is -3.06. The van der Waals surface area contributed by atoms with E-state index in [4.69, 9.17) is 0 Å². The van der Waals surface area contributed by atoms with E-state index in [0.717, 1.165) is 32.6 Å². The molecule has 0 aliphatic rings. The van der Waals surface area contributed by atoms with E-state index in [1.807, 2.05) is 56.3 Å². The summed E-state index contributed by atoms with van der Waals surface area (Å²) in [6, 6.07) is 13.7. The molecule has 142 valence electrons. The van der Waals surface area contributed by atoms with Gasteiger partial charge >= 0.3 is 0 Å². The summed E-state index contributed by atoms with van der Waals surface area (Å²) < 4.78 is 1.73. The zero-order valence-corrected chi connectivity index (χ0v) is 17.0. The second kappa shape index (κ2) is 7.16. The molecule has 0 bridgehead atoms. The van der Waals surface area contributed by atoms with Gasteiger partial charge in [-0.2, -0.15) is 9.61 Å². The van der Waals surface area contributed by atoms with Gasteiger partial charge in [-0.25, -0.2) is 0 Å². The Balaban J connectivity index is 1.60. The van der Waals surface area contributed by atoms with Crippen LogP contribution in [-0.2, 0) is 0 Å². The largest absolute Gasteiger partial charge is 0.322 e. The number of amides is 1. The molecule has 0 atom stereocenters. The van der Waals surface area contributed by atoms with E-state index < -0.39 is 0 Å². The van der Waals surface area contributed by atoms with Crippen LogP contribution in [0.3, 0.4) is 0 Å². The molecule has 1 N–H and O–H groups in total. The highest BCUT2D eigenvalue weighted by Gasteiger charge is 2.13. The summed E-state index contributed by atoms with van der Waals surface area (Å²) in [6.07, 6.45) is 0. The van der Waals surface area contributed by atoms with Crippen molar-refractivity contribution in [3.8, 4) is 10.6 Å². The van der Waals surface area contributed by atoms with Crippen LogP contribution >= 0.6 is 11.3 Å². The van der Waals surface area contributed by atoms with Crippen LogP contribution in [0, 0.1) is 13.8 Å². The first-order valence-electron chi connectivity index (χ1n) is 9.13. The average Bonchev–Trinajstić information content (AvgIpc) is 3.26. The Morgan fingerprint density at radius 2 is 1.82 bits per heavy atom. The van der Waals surface area contributed by atoms with Crippen LogP contribution in [0.5, 0.6) is 0 Å². The minimum atomic E-state index is -0.121. The van der Waals surface area contributed by atoms with Gasteiger partial charge in [0.2, 0.25) is 4.96 Å². The van der Waals surface area contributed by atoms with Crippen molar-refractivity contribution >= 4 is 27.9 Å². The Bertz CT molecular complexity index is 1160. The molecule has 1 amide bonds. The molecule has 0 aliphatic heterocycles. The molecule has 2 aromatic heterocycles. The van der Waals surface area contributed by atoms with Crippen molar-refractivity contribution in [1.29, 1.82) is 0 Å². The fraction of sp³-hybridized carbons (Fsp3) is 0.238. The SMILES string of the molecule is Cc1ccc(-c2nn3c(C)nnc3s2)cc1NC(=O)c1ccc(C(C)C)cc1. The number of aryl methyl sites for hydroxylation is 2. The number of aromatic nitrogens is 4. The number of anilines is 1. The van der Waals surface area contributed by atoms with Crippen molar-refractivity contribution in [3.63, 3.8) is 0 Å². The van der Waals surface area contributed by atoms with Gasteiger partial charge in [0.1, 0.15) is 5.01 Å². The quantitative estimate of drug-likeness (QED) is 0.540. The third kappa shape index (κ3) is 3.41. The van der Waals surface area contributed by atoms with Gasteiger partial charge < -0.3 is 5.32 Å². The highest BCUT2D eigenvalue weighted by Crippen LogP contribution is 2.29. The Kier molecular flexibility index (Phi) is 4.68. The normalized spacial score (nSPS) is 11.3. The smallest absolute Gasteiger partial charge is 0.255 e. The topological polar surface area (TPSA) is 72.2 Å². The average molecular weight is 392 g/mol. The molecular formula is C21H21N5OS. The molecule has 0 unspecified atom stereocenters. The second-order valence-corrected chi connectivity index (χ2v) is 8.07. The van der Waals surface area contributed by atoms with E-state index in [0.29, 0.717) is 11.5 Å². The van der Waals surface area contributed by atoms with Gasteiger partial charge in [0, 0.05) is 16.8 Å². The lowest BCUT2D eigenvalue weighted by Gasteiger charge is -2.11. The van der Waals surface area contributed by atoms with Crippen molar-refractivity contribution in [3.05, 3.63) is 65.0 Å². The van der Waals surface area contributed by atoms with Gasteiger partial charge in [-0.05, 0) is 49.1 Å². The summed E-state index contributed by atoms with van der Waals surface area (Å²) >= 11 is 1.47. The van der Waals surface area contributed by atoms with E-state index in [1.54, 1.807) is 4.52 Å². The monoisotopic (exact) mass is 391 g/mol. The van der Waals surface area contributed by atoms with Crippen LogP contribution < -0.4 is 5.32 Å². The first-order chi connectivity index (χ1) is 13.4. The number of hydrogen-bond donors (Lipinski definition) is 1. The first kappa shape index (κ1) is 18.3. The van der Waals surface area contributed by atoms with Gasteiger partial charge in [0.25, 0.3) is 5.91 Å². The number of rotatable bonds is 4. The van der Waals surface area contributed by atoms with Crippen LogP contribution in [0.1, 0.15) is 47.1 Å². The lowest BCUT2D eigenvalue weighted by Crippen LogP contribution is -2.13. The highest BCUT2D eigenvalue weighted by molar-refractivity contribution is 7.19. The van der Waals surface area contributed by atoms with Crippen LogP contribution in [0.25, 0.3) is 15.5 Å². The van der Waals surface area contributed by atoms with Crippen LogP contribution in [0.15, 0.2) is 42.5 Å². The van der Waals surface area contributed by atoms with E-state index in [2.05, 4.69) is 34.5 Å². The summed E-state index contributed by atoms with van der Waals surface area (Å²) in [4.78, 5) is 13.4. The lowest BCUT2D eigenvalue weighted by atomic mass is 10.0. The molecule has 0 saturated heterocycles.